The largest absolute Gasteiger partial charge is 0.523 e. The second-order valence-electron chi connectivity index (χ2n) is 3.66. The molecule has 0 fully saturated rings. The number of ether oxygens (including phenoxy) is 1. The van der Waals surface area contributed by atoms with Crippen molar-refractivity contribution in [3.63, 3.8) is 0 Å². The maximum absolute atomic E-state index is 11.9. The van der Waals surface area contributed by atoms with E-state index in [0.29, 0.717) is 0 Å². The molecule has 0 amide bonds. The molecule has 102 valence electrons. The summed E-state index contributed by atoms with van der Waals surface area (Å²) in [5.41, 5.74) is -5.56. The van der Waals surface area contributed by atoms with Crippen LogP contribution < -0.4 is 0 Å². The summed E-state index contributed by atoms with van der Waals surface area (Å²) in [4.78, 5) is 11.1. The van der Waals surface area contributed by atoms with Gasteiger partial charge in [-0.05, 0) is 12.8 Å². The van der Waals surface area contributed by atoms with Gasteiger partial charge >= 0.3 is 21.6 Å². The third-order valence-corrected chi connectivity index (χ3v) is 2.55. The number of hydrogen-bond donors (Lipinski definition) is 0. The van der Waals surface area contributed by atoms with Crippen LogP contribution in [0.3, 0.4) is 0 Å². The number of carbonyl (C=O) groups excluding carboxylic acids is 1. The molecule has 17 heavy (non-hydrogen) atoms. The zero-order valence-corrected chi connectivity index (χ0v) is 10.3. The molecule has 0 aliphatic rings. The average Bonchev–Trinajstić information content (AvgIpc) is 2.11. The van der Waals surface area contributed by atoms with Gasteiger partial charge in [0.25, 0.3) is 0 Å². The molecule has 0 N–H and O–H groups in total. The normalized spacial score (nSPS) is 14.8. The number of esters is 1. The van der Waals surface area contributed by atoms with E-state index < -0.39 is 27.7 Å². The average molecular weight is 278 g/mol. The van der Waals surface area contributed by atoms with E-state index in [1.807, 2.05) is 0 Å². The topological polar surface area (TPSA) is 69.7 Å². The Labute approximate surface area is 97.0 Å². The van der Waals surface area contributed by atoms with E-state index in [9.17, 15) is 26.4 Å². The van der Waals surface area contributed by atoms with Crippen molar-refractivity contribution in [2.45, 2.75) is 32.4 Å². The van der Waals surface area contributed by atoms with Crippen LogP contribution in [0.1, 0.15) is 20.8 Å². The molecule has 0 aromatic rings. The Morgan fingerprint density at radius 1 is 1.24 bits per heavy atom. The predicted octanol–water partition coefficient (Wildman–Crippen LogP) is 1.44. The second-order valence-corrected chi connectivity index (χ2v) is 5.23. The summed E-state index contributed by atoms with van der Waals surface area (Å²) >= 11 is 0. The van der Waals surface area contributed by atoms with Crippen molar-refractivity contribution < 1.29 is 35.3 Å². The third kappa shape index (κ3) is 5.35. The van der Waals surface area contributed by atoms with Gasteiger partial charge < -0.3 is 4.74 Å². The lowest BCUT2D eigenvalue weighted by molar-refractivity contribution is -0.152. The number of carbonyl (C=O) groups is 1. The zero-order chi connectivity index (χ0) is 13.9. The molecule has 5 nitrogen and oxygen atoms in total. The van der Waals surface area contributed by atoms with Crippen molar-refractivity contribution in [3.8, 4) is 0 Å². The summed E-state index contributed by atoms with van der Waals surface area (Å²) in [6.07, 6.45) is -1.83. The summed E-state index contributed by atoms with van der Waals surface area (Å²) in [6, 6.07) is 0. The maximum atomic E-state index is 11.9. The van der Waals surface area contributed by atoms with Crippen molar-refractivity contribution in [1.82, 2.24) is 0 Å². The van der Waals surface area contributed by atoms with Gasteiger partial charge in [0.1, 0.15) is 0 Å². The molecule has 0 heterocycles. The molecule has 9 heteroatoms. The lowest BCUT2D eigenvalue weighted by Crippen LogP contribution is -2.33. The Morgan fingerprint density at radius 2 is 1.71 bits per heavy atom. The number of halogens is 3. The van der Waals surface area contributed by atoms with E-state index in [-0.39, 0.29) is 12.5 Å². The minimum atomic E-state index is -5.78. The van der Waals surface area contributed by atoms with E-state index in [1.54, 1.807) is 13.8 Å². The van der Waals surface area contributed by atoms with E-state index in [4.69, 9.17) is 0 Å². The Kier molecular flexibility index (Phi) is 5.40. The molecule has 0 radical (unpaired) electrons. The monoisotopic (exact) mass is 278 g/mol. The van der Waals surface area contributed by atoms with E-state index in [2.05, 4.69) is 8.92 Å². The predicted molar refractivity (Wildman–Crippen MR) is 51.3 cm³/mol. The minimum Gasteiger partial charge on any atom is -0.463 e. The van der Waals surface area contributed by atoms with Crippen LogP contribution in [0.4, 0.5) is 13.2 Å². The quantitative estimate of drug-likeness (QED) is 0.432. The first-order chi connectivity index (χ1) is 7.47. The lowest BCUT2D eigenvalue weighted by Gasteiger charge is -2.14. The van der Waals surface area contributed by atoms with Gasteiger partial charge in [-0.3, -0.25) is 0 Å². The van der Waals surface area contributed by atoms with Gasteiger partial charge in [0.15, 0.2) is 6.10 Å². The van der Waals surface area contributed by atoms with Gasteiger partial charge in [-0.2, -0.15) is 21.6 Å². The molecule has 0 aliphatic carbocycles. The molecular formula is C8H13F3O5S. The first kappa shape index (κ1) is 16.2. The van der Waals surface area contributed by atoms with Crippen LogP contribution in [0.15, 0.2) is 0 Å². The van der Waals surface area contributed by atoms with Crippen molar-refractivity contribution in [3.05, 3.63) is 0 Å². The fourth-order valence-corrected chi connectivity index (χ4v) is 1.22. The van der Waals surface area contributed by atoms with Gasteiger partial charge in [-0.15, -0.1) is 0 Å². The molecule has 0 saturated carbocycles. The molecule has 1 unspecified atom stereocenters. The fraction of sp³-hybridized carbons (Fsp3) is 0.875. The molecule has 0 rings (SSSR count). The standard InChI is InChI=1S/C8H13F3O5S/c1-5(2)4-15-7(12)6(3)16-17(13,14)8(9,10)11/h5-6H,4H2,1-3H3. The van der Waals surface area contributed by atoms with E-state index in [0.717, 1.165) is 6.92 Å². The molecule has 0 aromatic heterocycles. The Balaban J connectivity index is 4.46. The maximum Gasteiger partial charge on any atom is 0.523 e. The highest BCUT2D eigenvalue weighted by Crippen LogP contribution is 2.25. The van der Waals surface area contributed by atoms with Crippen molar-refractivity contribution in [1.29, 1.82) is 0 Å². The smallest absolute Gasteiger partial charge is 0.463 e. The molecule has 1 atom stereocenters. The van der Waals surface area contributed by atoms with Gasteiger partial charge in [-0.25, -0.2) is 8.98 Å². The molecule has 0 saturated heterocycles. The van der Waals surface area contributed by atoms with E-state index >= 15 is 0 Å². The van der Waals surface area contributed by atoms with Gasteiger partial charge in [0.05, 0.1) is 6.61 Å². The van der Waals surface area contributed by atoms with Crippen LogP contribution in [0.2, 0.25) is 0 Å². The first-order valence-electron chi connectivity index (χ1n) is 4.63. The summed E-state index contributed by atoms with van der Waals surface area (Å²) < 4.78 is 65.0. The van der Waals surface area contributed by atoms with Crippen LogP contribution in [-0.4, -0.2) is 32.6 Å². The van der Waals surface area contributed by atoms with Gasteiger partial charge in [0, 0.05) is 0 Å². The number of hydrogen-bond acceptors (Lipinski definition) is 5. The van der Waals surface area contributed by atoms with Crippen LogP contribution in [0.5, 0.6) is 0 Å². The van der Waals surface area contributed by atoms with Crippen molar-refractivity contribution in [2.75, 3.05) is 6.61 Å². The summed E-state index contributed by atoms with van der Waals surface area (Å²) in [7, 11) is -5.78. The minimum absolute atomic E-state index is 0.0228. The SMILES string of the molecule is CC(C)COC(=O)C(C)OS(=O)(=O)C(F)(F)F. The van der Waals surface area contributed by atoms with Crippen LogP contribution in [0.25, 0.3) is 0 Å². The molecule has 0 aliphatic heterocycles. The van der Waals surface area contributed by atoms with Crippen molar-refractivity contribution >= 4 is 16.1 Å². The van der Waals surface area contributed by atoms with Gasteiger partial charge in [0.2, 0.25) is 0 Å². The molecule has 0 spiro atoms. The number of rotatable bonds is 5. The second kappa shape index (κ2) is 5.67. The molecule has 0 bridgehead atoms. The van der Waals surface area contributed by atoms with Crippen LogP contribution >= 0.6 is 0 Å². The summed E-state index contributed by atoms with van der Waals surface area (Å²) in [5.74, 6) is -1.18. The van der Waals surface area contributed by atoms with Crippen LogP contribution in [0, 0.1) is 5.92 Å². The lowest BCUT2D eigenvalue weighted by atomic mass is 10.2. The zero-order valence-electron chi connectivity index (χ0n) is 9.45. The van der Waals surface area contributed by atoms with Gasteiger partial charge in [-0.1, -0.05) is 13.8 Å². The highest BCUT2D eigenvalue weighted by atomic mass is 32.2. The number of alkyl halides is 3. The Morgan fingerprint density at radius 3 is 2.06 bits per heavy atom. The third-order valence-electron chi connectivity index (χ3n) is 1.45. The molecule has 0 aromatic carbocycles. The Hall–Kier alpha value is -0.830. The summed E-state index contributed by atoms with van der Waals surface area (Å²) in [5, 5.41) is 0. The fourth-order valence-electron chi connectivity index (χ4n) is 0.650. The Bertz CT molecular complexity index is 360. The highest BCUT2D eigenvalue weighted by molar-refractivity contribution is 7.87. The molecular weight excluding hydrogens is 265 g/mol. The highest BCUT2D eigenvalue weighted by Gasteiger charge is 2.49. The van der Waals surface area contributed by atoms with E-state index in [1.165, 1.54) is 0 Å². The first-order valence-corrected chi connectivity index (χ1v) is 6.04. The summed E-state index contributed by atoms with van der Waals surface area (Å²) in [6.45, 7) is 4.26. The van der Waals surface area contributed by atoms with Crippen LogP contribution in [-0.2, 0) is 23.8 Å². The van der Waals surface area contributed by atoms with Crippen molar-refractivity contribution in [2.24, 2.45) is 5.92 Å².